The molecule has 1 aromatic rings. The number of likely N-dealkylation sites (tertiary alicyclic amines) is 1. The van der Waals surface area contributed by atoms with Gasteiger partial charge in [-0.1, -0.05) is 44.2 Å². The lowest BCUT2D eigenvalue weighted by atomic mass is 9.90. The number of aliphatic imine (C=N–C) groups is 1. The zero-order valence-corrected chi connectivity index (χ0v) is 19.6. The van der Waals surface area contributed by atoms with Crippen LogP contribution in [0.5, 0.6) is 0 Å². The Kier molecular flexibility index (Phi) is 10.6. The van der Waals surface area contributed by atoms with Gasteiger partial charge in [-0.2, -0.15) is 0 Å². The summed E-state index contributed by atoms with van der Waals surface area (Å²) in [6.45, 7) is 11.8. The monoisotopic (exact) mass is 418 g/mol. The summed E-state index contributed by atoms with van der Waals surface area (Å²) in [5, 5.41) is 7.56. The number of hydrogen-bond acceptors (Lipinski definition) is 4. The van der Waals surface area contributed by atoms with Crippen molar-refractivity contribution in [3.05, 3.63) is 35.9 Å². The highest BCUT2D eigenvalue weighted by atomic mass is 16.5. The van der Waals surface area contributed by atoms with Crippen molar-refractivity contribution in [1.82, 2.24) is 15.5 Å². The van der Waals surface area contributed by atoms with Crippen molar-refractivity contribution < 1.29 is 9.47 Å². The molecule has 6 nitrogen and oxygen atoms in total. The van der Waals surface area contributed by atoms with E-state index in [9.17, 15) is 0 Å². The van der Waals surface area contributed by atoms with Crippen LogP contribution < -0.4 is 10.6 Å². The zero-order chi connectivity index (χ0) is 21.8. The molecular formula is C24H42N4O2. The number of guanidine groups is 1. The highest BCUT2D eigenvalue weighted by molar-refractivity contribution is 5.80. The van der Waals surface area contributed by atoms with Gasteiger partial charge in [-0.25, -0.2) is 0 Å². The van der Waals surface area contributed by atoms with E-state index in [1.165, 1.54) is 5.56 Å². The summed E-state index contributed by atoms with van der Waals surface area (Å²) >= 11 is 0. The van der Waals surface area contributed by atoms with Crippen LogP contribution in [-0.4, -0.2) is 70.0 Å². The van der Waals surface area contributed by atoms with Crippen molar-refractivity contribution >= 4 is 5.96 Å². The van der Waals surface area contributed by atoms with Crippen LogP contribution in [0, 0.1) is 5.92 Å². The summed E-state index contributed by atoms with van der Waals surface area (Å²) in [5.74, 6) is 1.55. The van der Waals surface area contributed by atoms with E-state index in [-0.39, 0.29) is 5.54 Å². The van der Waals surface area contributed by atoms with Crippen molar-refractivity contribution in [3.8, 4) is 0 Å². The maximum Gasteiger partial charge on any atom is 0.193 e. The summed E-state index contributed by atoms with van der Waals surface area (Å²) in [6, 6.07) is 11.0. The minimum absolute atomic E-state index is 0.0214. The topological polar surface area (TPSA) is 58.1 Å². The maximum absolute atomic E-state index is 5.73. The first-order chi connectivity index (χ1) is 14.6. The minimum atomic E-state index is 0.0214. The number of methoxy groups -OCH3 is 1. The van der Waals surface area contributed by atoms with E-state index in [4.69, 9.17) is 9.47 Å². The maximum atomic E-state index is 5.73. The van der Waals surface area contributed by atoms with Gasteiger partial charge in [0, 0.05) is 51.3 Å². The van der Waals surface area contributed by atoms with E-state index < -0.39 is 0 Å². The van der Waals surface area contributed by atoms with E-state index in [0.717, 1.165) is 51.5 Å². The Morgan fingerprint density at radius 1 is 1.23 bits per heavy atom. The standard InChI is InChI=1S/C24H42N4O2/c1-6-24(7-2,27-20(3)22-11-9-8-10-12-22)19-26-23(25-4)28-14-13-21(17-28)18-30-16-15-29-5/h8-12,20-21,27H,6-7,13-19H2,1-5H3,(H,25,26). The summed E-state index contributed by atoms with van der Waals surface area (Å²) in [4.78, 5) is 6.93. The highest BCUT2D eigenvalue weighted by Crippen LogP contribution is 2.22. The van der Waals surface area contributed by atoms with Gasteiger partial charge in [0.1, 0.15) is 0 Å². The highest BCUT2D eigenvalue weighted by Gasteiger charge is 2.30. The molecule has 2 atom stereocenters. The van der Waals surface area contributed by atoms with Gasteiger partial charge in [0.25, 0.3) is 0 Å². The van der Waals surface area contributed by atoms with Gasteiger partial charge in [0.05, 0.1) is 19.8 Å². The van der Waals surface area contributed by atoms with Gasteiger partial charge in [-0.05, 0) is 31.7 Å². The Morgan fingerprint density at radius 2 is 1.97 bits per heavy atom. The fourth-order valence-corrected chi connectivity index (χ4v) is 4.17. The molecule has 1 heterocycles. The van der Waals surface area contributed by atoms with Crippen molar-refractivity contribution in [2.24, 2.45) is 10.9 Å². The summed E-state index contributed by atoms with van der Waals surface area (Å²) in [5.41, 5.74) is 1.34. The van der Waals surface area contributed by atoms with Gasteiger partial charge in [0.15, 0.2) is 5.96 Å². The molecule has 0 amide bonds. The Bertz CT molecular complexity index is 619. The lowest BCUT2D eigenvalue weighted by molar-refractivity contribution is 0.0536. The third-order valence-corrected chi connectivity index (χ3v) is 6.34. The van der Waals surface area contributed by atoms with Crippen molar-refractivity contribution in [2.75, 3.05) is 53.6 Å². The molecule has 0 aromatic heterocycles. The van der Waals surface area contributed by atoms with Crippen LogP contribution in [0.1, 0.15) is 51.6 Å². The van der Waals surface area contributed by atoms with Gasteiger partial charge in [-0.3, -0.25) is 4.99 Å². The number of nitrogens with zero attached hydrogens (tertiary/aromatic N) is 2. The summed E-state index contributed by atoms with van der Waals surface area (Å²) in [7, 11) is 3.59. The first kappa shape index (κ1) is 24.6. The average molecular weight is 419 g/mol. The molecule has 1 fully saturated rings. The van der Waals surface area contributed by atoms with Gasteiger partial charge in [-0.15, -0.1) is 0 Å². The van der Waals surface area contributed by atoms with Crippen LogP contribution in [0.25, 0.3) is 0 Å². The van der Waals surface area contributed by atoms with Crippen LogP contribution in [0.4, 0.5) is 0 Å². The first-order valence-corrected chi connectivity index (χ1v) is 11.4. The van der Waals surface area contributed by atoms with Crippen LogP contribution in [0.2, 0.25) is 0 Å². The molecule has 1 saturated heterocycles. The summed E-state index contributed by atoms with van der Waals surface area (Å²) in [6.07, 6.45) is 3.25. The molecule has 0 saturated carbocycles. The fraction of sp³-hybridized carbons (Fsp3) is 0.708. The molecule has 1 aliphatic rings. The Hall–Kier alpha value is -1.63. The number of benzene rings is 1. The second-order valence-electron chi connectivity index (χ2n) is 8.33. The van der Waals surface area contributed by atoms with Crippen LogP contribution in [0.3, 0.4) is 0 Å². The van der Waals surface area contributed by atoms with Crippen molar-refractivity contribution in [2.45, 2.75) is 51.6 Å². The Morgan fingerprint density at radius 3 is 2.60 bits per heavy atom. The number of nitrogens with one attached hydrogen (secondary N) is 2. The molecule has 30 heavy (non-hydrogen) atoms. The first-order valence-electron chi connectivity index (χ1n) is 11.4. The number of hydrogen-bond donors (Lipinski definition) is 2. The molecule has 2 unspecified atom stereocenters. The lowest BCUT2D eigenvalue weighted by Gasteiger charge is -2.37. The fourth-order valence-electron chi connectivity index (χ4n) is 4.17. The predicted molar refractivity (Wildman–Crippen MR) is 125 cm³/mol. The predicted octanol–water partition coefficient (Wildman–Crippen LogP) is 3.46. The molecule has 2 rings (SSSR count). The quantitative estimate of drug-likeness (QED) is 0.309. The van der Waals surface area contributed by atoms with E-state index >= 15 is 0 Å². The zero-order valence-electron chi connectivity index (χ0n) is 19.6. The molecule has 0 spiro atoms. The van der Waals surface area contributed by atoms with E-state index in [2.05, 4.69) is 71.6 Å². The molecule has 170 valence electrons. The van der Waals surface area contributed by atoms with Crippen LogP contribution in [-0.2, 0) is 9.47 Å². The summed E-state index contributed by atoms with van der Waals surface area (Å²) < 4.78 is 10.8. The lowest BCUT2D eigenvalue weighted by Crippen LogP contribution is -2.55. The SMILES string of the molecule is CCC(CC)(CNC(=NC)N1CCC(COCCOC)C1)NC(C)c1ccccc1. The van der Waals surface area contributed by atoms with Crippen LogP contribution >= 0.6 is 0 Å². The molecule has 0 aliphatic carbocycles. The molecule has 1 aromatic carbocycles. The Balaban J connectivity index is 1.89. The third kappa shape index (κ3) is 7.25. The third-order valence-electron chi connectivity index (χ3n) is 6.34. The smallest absolute Gasteiger partial charge is 0.193 e. The molecule has 1 aliphatic heterocycles. The number of ether oxygens (including phenoxy) is 2. The molecule has 0 radical (unpaired) electrons. The van der Waals surface area contributed by atoms with Crippen molar-refractivity contribution in [3.63, 3.8) is 0 Å². The van der Waals surface area contributed by atoms with Gasteiger partial charge < -0.3 is 25.0 Å². The largest absolute Gasteiger partial charge is 0.382 e. The van der Waals surface area contributed by atoms with Gasteiger partial charge >= 0.3 is 0 Å². The van der Waals surface area contributed by atoms with Gasteiger partial charge in [0.2, 0.25) is 0 Å². The van der Waals surface area contributed by atoms with E-state index in [1.54, 1.807) is 7.11 Å². The molecule has 0 bridgehead atoms. The Labute approximate surface area is 183 Å². The van der Waals surface area contributed by atoms with Crippen molar-refractivity contribution in [1.29, 1.82) is 0 Å². The number of rotatable bonds is 12. The van der Waals surface area contributed by atoms with E-state index in [1.807, 2.05) is 7.05 Å². The normalized spacial score (nSPS) is 18.6. The average Bonchev–Trinajstić information content (AvgIpc) is 3.25. The second kappa shape index (κ2) is 12.9. The van der Waals surface area contributed by atoms with Crippen LogP contribution in [0.15, 0.2) is 35.3 Å². The van der Waals surface area contributed by atoms with E-state index in [0.29, 0.717) is 25.2 Å². The minimum Gasteiger partial charge on any atom is -0.382 e. The second-order valence-corrected chi connectivity index (χ2v) is 8.33. The molecule has 6 heteroatoms. The molecular weight excluding hydrogens is 376 g/mol. The molecule has 2 N–H and O–H groups in total.